The summed E-state index contributed by atoms with van der Waals surface area (Å²) in [5.74, 6) is 0.950. The molecule has 0 fully saturated rings. The number of nitrogens with one attached hydrogen (secondary N) is 2. The van der Waals surface area contributed by atoms with Crippen LogP contribution in [-0.4, -0.2) is 27.7 Å². The molecule has 1 aromatic carbocycles. The third kappa shape index (κ3) is 3.96. The third-order valence-corrected chi connectivity index (χ3v) is 2.66. The van der Waals surface area contributed by atoms with Crippen LogP contribution in [0.1, 0.15) is 18.8 Å². The summed E-state index contributed by atoms with van der Waals surface area (Å²) >= 11 is 5.75. The van der Waals surface area contributed by atoms with Gasteiger partial charge in [-0.3, -0.25) is 9.89 Å². The molecule has 6 nitrogen and oxygen atoms in total. The van der Waals surface area contributed by atoms with E-state index < -0.39 is 0 Å². The number of rotatable bonds is 5. The smallest absolute Gasteiger partial charge is 0.258 e. The van der Waals surface area contributed by atoms with Gasteiger partial charge in [0.2, 0.25) is 0 Å². The molecule has 0 aliphatic carbocycles. The minimum absolute atomic E-state index is 0.0693. The average molecular weight is 281 g/mol. The molecule has 1 heterocycles. The van der Waals surface area contributed by atoms with Crippen molar-refractivity contribution in [3.05, 3.63) is 41.4 Å². The molecule has 0 saturated carbocycles. The van der Waals surface area contributed by atoms with E-state index in [1.807, 2.05) is 0 Å². The maximum Gasteiger partial charge on any atom is 0.258 e. The van der Waals surface area contributed by atoms with Crippen LogP contribution in [0.3, 0.4) is 0 Å². The van der Waals surface area contributed by atoms with Crippen LogP contribution in [0.25, 0.3) is 0 Å². The molecule has 0 aliphatic rings. The van der Waals surface area contributed by atoms with Gasteiger partial charge in [0.15, 0.2) is 6.61 Å². The summed E-state index contributed by atoms with van der Waals surface area (Å²) < 4.78 is 5.32. The minimum Gasteiger partial charge on any atom is -0.484 e. The Morgan fingerprint density at radius 2 is 2.21 bits per heavy atom. The zero-order valence-electron chi connectivity index (χ0n) is 10.3. The highest BCUT2D eigenvalue weighted by molar-refractivity contribution is 6.30. The molecule has 2 rings (SSSR count). The highest BCUT2D eigenvalue weighted by atomic mass is 35.5. The number of H-pyrrole nitrogens is 1. The molecule has 1 aromatic heterocycles. The van der Waals surface area contributed by atoms with E-state index in [1.54, 1.807) is 31.2 Å². The van der Waals surface area contributed by atoms with Crippen molar-refractivity contribution in [1.82, 2.24) is 20.5 Å². The largest absolute Gasteiger partial charge is 0.484 e. The van der Waals surface area contributed by atoms with Crippen LogP contribution in [-0.2, 0) is 4.79 Å². The minimum atomic E-state index is -0.246. The van der Waals surface area contributed by atoms with Crippen molar-refractivity contribution in [1.29, 1.82) is 0 Å². The number of aromatic amines is 1. The number of carbonyl (C=O) groups is 1. The van der Waals surface area contributed by atoms with E-state index in [0.717, 1.165) is 0 Å². The van der Waals surface area contributed by atoms with Gasteiger partial charge in [-0.25, -0.2) is 4.98 Å². The quantitative estimate of drug-likeness (QED) is 0.874. The van der Waals surface area contributed by atoms with Gasteiger partial charge in [0.25, 0.3) is 5.91 Å². The fraction of sp³-hybridized carbons (Fsp3) is 0.250. The van der Waals surface area contributed by atoms with Gasteiger partial charge in [-0.1, -0.05) is 11.6 Å². The Kier molecular flexibility index (Phi) is 4.35. The number of halogens is 1. The second kappa shape index (κ2) is 6.19. The summed E-state index contributed by atoms with van der Waals surface area (Å²) in [6.45, 7) is 1.74. The monoisotopic (exact) mass is 280 g/mol. The Bertz CT molecular complexity index is 527. The number of ether oxygens (including phenoxy) is 1. The van der Waals surface area contributed by atoms with E-state index in [0.29, 0.717) is 16.6 Å². The van der Waals surface area contributed by atoms with E-state index in [-0.39, 0.29) is 18.6 Å². The molecule has 1 amide bonds. The number of nitrogens with zero attached hydrogens (tertiary/aromatic N) is 2. The van der Waals surface area contributed by atoms with Crippen LogP contribution in [0.4, 0.5) is 0 Å². The van der Waals surface area contributed by atoms with Gasteiger partial charge in [-0.2, -0.15) is 5.10 Å². The van der Waals surface area contributed by atoms with Crippen LogP contribution in [0.15, 0.2) is 30.6 Å². The zero-order valence-corrected chi connectivity index (χ0v) is 11.0. The molecule has 0 bridgehead atoms. The van der Waals surface area contributed by atoms with Crippen molar-refractivity contribution in [3.63, 3.8) is 0 Å². The first kappa shape index (κ1) is 13.4. The maximum absolute atomic E-state index is 11.7. The molecule has 0 aliphatic heterocycles. The van der Waals surface area contributed by atoms with E-state index in [1.165, 1.54) is 6.33 Å². The lowest BCUT2D eigenvalue weighted by atomic mass is 10.3. The molecule has 7 heteroatoms. The number of aromatic nitrogens is 3. The van der Waals surface area contributed by atoms with E-state index in [9.17, 15) is 4.79 Å². The molecular formula is C12H13ClN4O2. The Balaban J connectivity index is 1.80. The number of carbonyl (C=O) groups excluding carboxylic acids is 1. The summed E-state index contributed by atoms with van der Waals surface area (Å²) in [6.07, 6.45) is 1.39. The lowest BCUT2D eigenvalue weighted by Gasteiger charge is -2.11. The van der Waals surface area contributed by atoms with E-state index in [4.69, 9.17) is 16.3 Å². The van der Waals surface area contributed by atoms with Gasteiger partial charge >= 0.3 is 0 Å². The zero-order chi connectivity index (χ0) is 13.7. The number of hydrogen-bond donors (Lipinski definition) is 2. The van der Waals surface area contributed by atoms with Gasteiger partial charge in [-0.15, -0.1) is 0 Å². The molecular weight excluding hydrogens is 268 g/mol. The first-order valence-corrected chi connectivity index (χ1v) is 6.06. The van der Waals surface area contributed by atoms with E-state index >= 15 is 0 Å². The first-order valence-electron chi connectivity index (χ1n) is 5.68. The van der Waals surface area contributed by atoms with Gasteiger partial charge in [0, 0.05) is 5.02 Å². The lowest BCUT2D eigenvalue weighted by Crippen LogP contribution is -2.31. The lowest BCUT2D eigenvalue weighted by molar-refractivity contribution is -0.123. The molecule has 19 heavy (non-hydrogen) atoms. The topological polar surface area (TPSA) is 79.9 Å². The van der Waals surface area contributed by atoms with Crippen LogP contribution < -0.4 is 10.1 Å². The predicted octanol–water partition coefficient (Wildman–Crippen LogP) is 1.71. The molecule has 0 radical (unpaired) electrons. The van der Waals surface area contributed by atoms with Crippen LogP contribution >= 0.6 is 11.6 Å². The van der Waals surface area contributed by atoms with Crippen molar-refractivity contribution in [2.24, 2.45) is 0 Å². The molecule has 1 unspecified atom stereocenters. The normalized spacial score (nSPS) is 11.9. The van der Waals surface area contributed by atoms with Crippen molar-refractivity contribution >= 4 is 17.5 Å². The van der Waals surface area contributed by atoms with Crippen LogP contribution in [0.2, 0.25) is 5.02 Å². The van der Waals surface area contributed by atoms with Gasteiger partial charge in [-0.05, 0) is 31.2 Å². The summed E-state index contributed by atoms with van der Waals surface area (Å²) in [6, 6.07) is 6.56. The highest BCUT2D eigenvalue weighted by Crippen LogP contribution is 2.15. The summed E-state index contributed by atoms with van der Waals surface area (Å²) in [5.41, 5.74) is 0. The first-order chi connectivity index (χ1) is 9.15. The molecule has 0 saturated heterocycles. The van der Waals surface area contributed by atoms with Crippen LogP contribution in [0, 0.1) is 0 Å². The number of benzene rings is 1. The maximum atomic E-state index is 11.7. The second-order valence-corrected chi connectivity index (χ2v) is 4.34. The van der Waals surface area contributed by atoms with E-state index in [2.05, 4.69) is 20.5 Å². The Hall–Kier alpha value is -2.08. The number of hydrogen-bond acceptors (Lipinski definition) is 4. The van der Waals surface area contributed by atoms with Crippen molar-refractivity contribution in [2.45, 2.75) is 13.0 Å². The van der Waals surface area contributed by atoms with Gasteiger partial charge in [0.05, 0.1) is 6.04 Å². The van der Waals surface area contributed by atoms with Gasteiger partial charge < -0.3 is 10.1 Å². The van der Waals surface area contributed by atoms with Crippen molar-refractivity contribution in [2.75, 3.05) is 6.61 Å². The fourth-order valence-corrected chi connectivity index (χ4v) is 1.58. The van der Waals surface area contributed by atoms with Crippen molar-refractivity contribution in [3.8, 4) is 5.75 Å². The second-order valence-electron chi connectivity index (χ2n) is 3.90. The molecule has 2 N–H and O–H groups in total. The van der Waals surface area contributed by atoms with Crippen molar-refractivity contribution < 1.29 is 9.53 Å². The van der Waals surface area contributed by atoms with Crippen LogP contribution in [0.5, 0.6) is 5.75 Å². The Labute approximate surface area is 115 Å². The average Bonchev–Trinajstić information content (AvgIpc) is 2.92. The van der Waals surface area contributed by atoms with Gasteiger partial charge in [0.1, 0.15) is 17.9 Å². The number of amides is 1. The molecule has 0 spiro atoms. The highest BCUT2D eigenvalue weighted by Gasteiger charge is 2.12. The predicted molar refractivity (Wildman–Crippen MR) is 69.9 cm³/mol. The summed E-state index contributed by atoms with van der Waals surface area (Å²) in [4.78, 5) is 15.6. The molecule has 1 atom stereocenters. The molecule has 100 valence electrons. The molecule has 2 aromatic rings. The Morgan fingerprint density at radius 3 is 2.84 bits per heavy atom. The Morgan fingerprint density at radius 1 is 1.47 bits per heavy atom. The third-order valence-electron chi connectivity index (χ3n) is 2.40. The standard InChI is InChI=1S/C12H13ClN4O2/c1-8(12-14-7-15-17-12)16-11(18)6-19-10-4-2-9(13)3-5-10/h2-5,7-8H,6H2,1H3,(H,16,18)(H,14,15,17). The fourth-order valence-electron chi connectivity index (χ4n) is 1.45. The SMILES string of the molecule is CC(NC(=O)COc1ccc(Cl)cc1)c1ncn[nH]1. The summed E-state index contributed by atoms with van der Waals surface area (Å²) in [7, 11) is 0. The summed E-state index contributed by atoms with van der Waals surface area (Å²) in [5, 5.41) is 9.77.